The van der Waals surface area contributed by atoms with Crippen LogP contribution in [0.25, 0.3) is 0 Å². The van der Waals surface area contributed by atoms with Gasteiger partial charge in [0.25, 0.3) is 0 Å². The van der Waals surface area contributed by atoms with E-state index in [0.717, 1.165) is 37.4 Å². The topological polar surface area (TPSA) is 18.5 Å². The molecule has 0 aromatic heterocycles. The average Bonchev–Trinajstić information content (AvgIpc) is 2.43. The van der Waals surface area contributed by atoms with Crippen LogP contribution in [0, 0.1) is 11.7 Å². The van der Waals surface area contributed by atoms with Crippen LogP contribution in [0.1, 0.15) is 26.3 Å². The van der Waals surface area contributed by atoms with Crippen molar-refractivity contribution in [3.8, 4) is 0 Å². The standard InChI is InChI=1S/C17H28FN3/c1-13(2)10-19-11-15-16(18)6-5-7-17(15)21-9-8-20(4)14(3)12-21/h5-7,13-14,19H,8-12H2,1-4H3. The number of piperazine rings is 1. The van der Waals surface area contributed by atoms with Crippen molar-refractivity contribution in [2.24, 2.45) is 5.92 Å². The lowest BCUT2D eigenvalue weighted by atomic mass is 10.1. The lowest BCUT2D eigenvalue weighted by Gasteiger charge is -2.39. The number of likely N-dealkylation sites (N-methyl/N-ethyl adjacent to an activating group) is 1. The summed E-state index contributed by atoms with van der Waals surface area (Å²) in [4.78, 5) is 4.67. The summed E-state index contributed by atoms with van der Waals surface area (Å²) in [5, 5.41) is 3.36. The second-order valence-electron chi connectivity index (χ2n) is 6.54. The molecule has 1 atom stereocenters. The summed E-state index contributed by atoms with van der Waals surface area (Å²) in [7, 11) is 2.15. The Labute approximate surface area is 128 Å². The van der Waals surface area contributed by atoms with Gasteiger partial charge >= 0.3 is 0 Å². The fraction of sp³-hybridized carbons (Fsp3) is 0.647. The van der Waals surface area contributed by atoms with Crippen molar-refractivity contribution in [3.63, 3.8) is 0 Å². The van der Waals surface area contributed by atoms with Crippen LogP contribution < -0.4 is 10.2 Å². The maximum Gasteiger partial charge on any atom is 0.129 e. The largest absolute Gasteiger partial charge is 0.368 e. The molecule has 1 N–H and O–H groups in total. The lowest BCUT2D eigenvalue weighted by molar-refractivity contribution is 0.234. The highest BCUT2D eigenvalue weighted by molar-refractivity contribution is 5.54. The normalized spacial score (nSPS) is 20.3. The second-order valence-corrected chi connectivity index (χ2v) is 6.54. The molecule has 0 saturated carbocycles. The van der Waals surface area contributed by atoms with E-state index in [1.54, 1.807) is 6.07 Å². The van der Waals surface area contributed by atoms with Gasteiger partial charge in [-0.2, -0.15) is 0 Å². The number of benzene rings is 1. The molecular weight excluding hydrogens is 265 g/mol. The molecule has 0 aliphatic carbocycles. The predicted molar refractivity (Wildman–Crippen MR) is 87.2 cm³/mol. The van der Waals surface area contributed by atoms with Crippen molar-refractivity contribution in [3.05, 3.63) is 29.6 Å². The van der Waals surface area contributed by atoms with E-state index in [-0.39, 0.29) is 5.82 Å². The molecule has 1 aromatic rings. The Morgan fingerprint density at radius 1 is 1.33 bits per heavy atom. The maximum absolute atomic E-state index is 14.2. The van der Waals surface area contributed by atoms with Gasteiger partial charge in [0.05, 0.1) is 0 Å². The molecule has 1 fully saturated rings. The van der Waals surface area contributed by atoms with E-state index >= 15 is 0 Å². The molecule has 1 unspecified atom stereocenters. The summed E-state index contributed by atoms with van der Waals surface area (Å²) >= 11 is 0. The van der Waals surface area contributed by atoms with Crippen LogP contribution in [0.5, 0.6) is 0 Å². The zero-order valence-electron chi connectivity index (χ0n) is 13.7. The van der Waals surface area contributed by atoms with E-state index in [1.165, 1.54) is 0 Å². The van der Waals surface area contributed by atoms with Crippen molar-refractivity contribution in [1.29, 1.82) is 0 Å². The van der Waals surface area contributed by atoms with Crippen molar-refractivity contribution >= 4 is 5.69 Å². The van der Waals surface area contributed by atoms with Gasteiger partial charge in [-0.25, -0.2) is 4.39 Å². The summed E-state index contributed by atoms with van der Waals surface area (Å²) in [6.07, 6.45) is 0. The number of rotatable bonds is 5. The van der Waals surface area contributed by atoms with Crippen molar-refractivity contribution in [2.45, 2.75) is 33.4 Å². The first-order chi connectivity index (χ1) is 9.99. The van der Waals surface area contributed by atoms with Gasteiger partial charge in [-0.1, -0.05) is 19.9 Å². The third kappa shape index (κ3) is 4.17. The van der Waals surface area contributed by atoms with Gasteiger partial charge in [-0.3, -0.25) is 0 Å². The Balaban J connectivity index is 2.13. The summed E-state index contributed by atoms with van der Waals surface area (Å²) in [5.74, 6) is 0.471. The van der Waals surface area contributed by atoms with Crippen molar-refractivity contribution < 1.29 is 4.39 Å². The lowest BCUT2D eigenvalue weighted by Crippen LogP contribution is -2.50. The van der Waals surface area contributed by atoms with Gasteiger partial charge in [0.1, 0.15) is 5.82 Å². The minimum absolute atomic E-state index is 0.102. The number of nitrogens with one attached hydrogen (secondary N) is 1. The molecule has 21 heavy (non-hydrogen) atoms. The first-order valence-corrected chi connectivity index (χ1v) is 7.92. The van der Waals surface area contributed by atoms with Crippen molar-refractivity contribution in [2.75, 3.05) is 38.1 Å². The van der Waals surface area contributed by atoms with E-state index < -0.39 is 0 Å². The first-order valence-electron chi connectivity index (χ1n) is 7.92. The highest BCUT2D eigenvalue weighted by Crippen LogP contribution is 2.25. The van der Waals surface area contributed by atoms with Crippen LogP contribution in [-0.4, -0.2) is 44.2 Å². The number of anilines is 1. The molecule has 4 heteroatoms. The fourth-order valence-electron chi connectivity index (χ4n) is 2.77. The monoisotopic (exact) mass is 293 g/mol. The van der Waals surface area contributed by atoms with Gasteiger partial charge in [0.15, 0.2) is 0 Å². The smallest absolute Gasteiger partial charge is 0.129 e. The highest BCUT2D eigenvalue weighted by atomic mass is 19.1. The molecule has 0 amide bonds. The fourth-order valence-corrected chi connectivity index (χ4v) is 2.77. The molecule has 1 heterocycles. The number of hydrogen-bond acceptors (Lipinski definition) is 3. The molecule has 118 valence electrons. The molecule has 0 bridgehead atoms. The molecule has 1 saturated heterocycles. The minimum atomic E-state index is -0.102. The molecule has 1 aliphatic heterocycles. The predicted octanol–water partition coefficient (Wildman–Crippen LogP) is 2.71. The Morgan fingerprint density at radius 2 is 2.10 bits per heavy atom. The number of nitrogens with zero attached hydrogens (tertiary/aromatic N) is 2. The number of hydrogen-bond donors (Lipinski definition) is 1. The Morgan fingerprint density at radius 3 is 2.76 bits per heavy atom. The molecule has 2 rings (SSSR count). The van der Waals surface area contributed by atoms with E-state index in [1.807, 2.05) is 12.1 Å². The summed E-state index contributed by atoms with van der Waals surface area (Å²) in [6.45, 7) is 11.0. The van der Waals surface area contributed by atoms with Crippen LogP contribution >= 0.6 is 0 Å². The maximum atomic E-state index is 14.2. The van der Waals surface area contributed by atoms with E-state index in [9.17, 15) is 4.39 Å². The van der Waals surface area contributed by atoms with Crippen molar-refractivity contribution in [1.82, 2.24) is 10.2 Å². The Hall–Kier alpha value is -1.13. The van der Waals surface area contributed by atoms with Crippen LogP contribution in [-0.2, 0) is 6.54 Å². The van der Waals surface area contributed by atoms with Gasteiger partial charge < -0.3 is 15.1 Å². The van der Waals surface area contributed by atoms with Gasteiger partial charge in [0.2, 0.25) is 0 Å². The quantitative estimate of drug-likeness (QED) is 0.900. The number of halogens is 1. The average molecular weight is 293 g/mol. The minimum Gasteiger partial charge on any atom is -0.368 e. The summed E-state index contributed by atoms with van der Waals surface area (Å²) in [6, 6.07) is 5.93. The zero-order chi connectivity index (χ0) is 15.4. The molecule has 3 nitrogen and oxygen atoms in total. The van der Waals surface area contributed by atoms with E-state index in [4.69, 9.17) is 0 Å². The highest BCUT2D eigenvalue weighted by Gasteiger charge is 2.23. The van der Waals surface area contributed by atoms with Crippen LogP contribution in [0.4, 0.5) is 10.1 Å². The molecule has 0 radical (unpaired) electrons. The van der Waals surface area contributed by atoms with E-state index in [2.05, 4.69) is 42.9 Å². The molecule has 0 spiro atoms. The van der Waals surface area contributed by atoms with Gasteiger partial charge in [-0.05, 0) is 38.6 Å². The summed E-state index contributed by atoms with van der Waals surface area (Å²) < 4.78 is 14.2. The zero-order valence-corrected chi connectivity index (χ0v) is 13.7. The summed E-state index contributed by atoms with van der Waals surface area (Å²) in [5.41, 5.74) is 1.85. The Kier molecular flexibility index (Phi) is 5.59. The van der Waals surface area contributed by atoms with Crippen LogP contribution in [0.2, 0.25) is 0 Å². The molecule has 1 aliphatic rings. The van der Waals surface area contributed by atoms with Crippen LogP contribution in [0.15, 0.2) is 18.2 Å². The second kappa shape index (κ2) is 7.23. The van der Waals surface area contributed by atoms with E-state index in [0.29, 0.717) is 18.5 Å². The van der Waals surface area contributed by atoms with Gasteiger partial charge in [-0.15, -0.1) is 0 Å². The Bertz CT molecular complexity index is 461. The molecule has 1 aromatic carbocycles. The SMILES string of the molecule is CC(C)CNCc1c(F)cccc1N1CCN(C)C(C)C1. The van der Waals surface area contributed by atoms with Gasteiger partial charge in [0, 0.05) is 43.5 Å². The van der Waals surface area contributed by atoms with Crippen LogP contribution in [0.3, 0.4) is 0 Å². The third-order valence-corrected chi connectivity index (χ3v) is 4.25. The molecular formula is C17H28FN3. The first kappa shape index (κ1) is 16.2. The third-order valence-electron chi connectivity index (χ3n) is 4.25.